The van der Waals surface area contributed by atoms with Gasteiger partial charge in [0.25, 0.3) is 5.91 Å². The zero-order valence-corrected chi connectivity index (χ0v) is 14.1. The second kappa shape index (κ2) is 5.94. The normalized spacial score (nSPS) is 10.9. The highest BCUT2D eigenvalue weighted by Crippen LogP contribution is 2.24. The zero-order chi connectivity index (χ0) is 14.8. The van der Waals surface area contributed by atoms with E-state index < -0.39 is 5.41 Å². The summed E-state index contributed by atoms with van der Waals surface area (Å²) in [4.78, 5) is 12.0. The van der Waals surface area contributed by atoms with Crippen LogP contribution in [0, 0.1) is 14.2 Å². The third-order valence-corrected chi connectivity index (χ3v) is 4.76. The number of hydrogen-bond acceptors (Lipinski definition) is 3. The summed E-state index contributed by atoms with van der Waals surface area (Å²) >= 11 is 3.73. The predicted molar refractivity (Wildman–Crippen MR) is 90.1 cm³/mol. The summed E-state index contributed by atoms with van der Waals surface area (Å²) in [7, 11) is 0. The second-order valence-electron chi connectivity index (χ2n) is 4.91. The number of halogens is 1. The predicted octanol–water partition coefficient (Wildman–Crippen LogP) is 4.41. The van der Waals surface area contributed by atoms with Crippen LogP contribution >= 0.6 is 33.9 Å². The maximum Gasteiger partial charge on any atom is 0.256 e. The Morgan fingerprint density at radius 1 is 1.35 bits per heavy atom. The highest BCUT2D eigenvalue weighted by atomic mass is 127. The molecule has 0 aliphatic heterocycles. The average molecular weight is 396 g/mol. The van der Waals surface area contributed by atoms with Crippen molar-refractivity contribution in [3.63, 3.8) is 0 Å². The third kappa shape index (κ3) is 3.38. The van der Waals surface area contributed by atoms with Crippen molar-refractivity contribution in [3.8, 4) is 6.07 Å². The van der Waals surface area contributed by atoms with E-state index in [1.54, 1.807) is 11.3 Å². The van der Waals surface area contributed by atoms with Crippen molar-refractivity contribution in [2.45, 2.75) is 19.3 Å². The summed E-state index contributed by atoms with van der Waals surface area (Å²) < 4.78 is 1.08. The molecule has 0 bridgehead atoms. The highest BCUT2D eigenvalue weighted by molar-refractivity contribution is 14.1. The highest BCUT2D eigenvalue weighted by Gasteiger charge is 2.19. The fourth-order valence-corrected chi connectivity index (χ4v) is 2.99. The number of thiophene rings is 1. The van der Waals surface area contributed by atoms with Crippen LogP contribution in [-0.2, 0) is 5.41 Å². The first-order valence-corrected chi connectivity index (χ1v) is 7.95. The van der Waals surface area contributed by atoms with Crippen LogP contribution in [0.3, 0.4) is 0 Å². The number of benzene rings is 1. The van der Waals surface area contributed by atoms with Gasteiger partial charge in [-0.05, 0) is 60.2 Å². The molecule has 0 radical (unpaired) electrons. The van der Waals surface area contributed by atoms with Crippen molar-refractivity contribution in [1.29, 1.82) is 5.26 Å². The molecule has 5 heteroatoms. The molecule has 1 heterocycles. The van der Waals surface area contributed by atoms with Gasteiger partial charge in [-0.1, -0.05) is 12.1 Å². The van der Waals surface area contributed by atoms with E-state index in [2.05, 4.69) is 34.0 Å². The van der Waals surface area contributed by atoms with Gasteiger partial charge in [-0.25, -0.2) is 0 Å². The Labute approximate surface area is 135 Å². The van der Waals surface area contributed by atoms with Crippen molar-refractivity contribution >= 4 is 45.5 Å². The van der Waals surface area contributed by atoms with Crippen LogP contribution in [0.15, 0.2) is 35.7 Å². The molecule has 102 valence electrons. The number of nitrogens with zero attached hydrogens (tertiary/aromatic N) is 1. The van der Waals surface area contributed by atoms with Crippen molar-refractivity contribution in [3.05, 3.63) is 49.7 Å². The Bertz CT molecular complexity index is 668. The molecule has 1 N–H and O–H groups in total. The van der Waals surface area contributed by atoms with Crippen LogP contribution in [0.25, 0.3) is 0 Å². The molecule has 0 aliphatic rings. The Hall–Kier alpha value is -1.39. The molecule has 0 aliphatic carbocycles. The number of carbonyl (C=O) groups excluding carboxylic acids is 1. The molecule has 0 saturated heterocycles. The molecular weight excluding hydrogens is 383 g/mol. The van der Waals surface area contributed by atoms with E-state index in [0.717, 1.165) is 14.1 Å². The molecule has 20 heavy (non-hydrogen) atoms. The van der Waals surface area contributed by atoms with E-state index in [9.17, 15) is 4.79 Å². The average Bonchev–Trinajstić information content (AvgIpc) is 2.86. The molecule has 0 saturated carbocycles. The molecule has 3 nitrogen and oxygen atoms in total. The Balaban J connectivity index is 2.12. The molecule has 0 unspecified atom stereocenters. The molecule has 1 aromatic heterocycles. The quantitative estimate of drug-likeness (QED) is 0.782. The maximum absolute atomic E-state index is 12.0. The Kier molecular flexibility index (Phi) is 4.45. The number of anilines is 1. The van der Waals surface area contributed by atoms with E-state index in [-0.39, 0.29) is 5.91 Å². The zero-order valence-electron chi connectivity index (χ0n) is 11.1. The van der Waals surface area contributed by atoms with Gasteiger partial charge in [0, 0.05) is 11.1 Å². The van der Waals surface area contributed by atoms with Gasteiger partial charge in [-0.15, -0.1) is 11.3 Å². The Morgan fingerprint density at radius 3 is 2.50 bits per heavy atom. The van der Waals surface area contributed by atoms with Crippen LogP contribution in [0.1, 0.15) is 29.8 Å². The maximum atomic E-state index is 12.0. The molecule has 1 aromatic carbocycles. The summed E-state index contributed by atoms with van der Waals surface area (Å²) in [6, 6.07) is 11.5. The van der Waals surface area contributed by atoms with Crippen molar-refractivity contribution in [1.82, 2.24) is 0 Å². The summed E-state index contributed by atoms with van der Waals surface area (Å²) in [5, 5.41) is 13.8. The molecule has 0 fully saturated rings. The fraction of sp³-hybridized carbons (Fsp3) is 0.200. The van der Waals surface area contributed by atoms with Crippen LogP contribution in [0.5, 0.6) is 0 Å². The molecule has 2 rings (SSSR count). The number of amides is 1. The van der Waals surface area contributed by atoms with Gasteiger partial charge < -0.3 is 5.32 Å². The summed E-state index contributed by atoms with van der Waals surface area (Å²) in [5.74, 6) is -0.114. The molecule has 0 atom stereocenters. The summed E-state index contributed by atoms with van der Waals surface area (Å²) in [5.41, 5.74) is 1.81. The number of carbonyl (C=O) groups is 1. The summed E-state index contributed by atoms with van der Waals surface area (Å²) in [6.45, 7) is 3.74. The van der Waals surface area contributed by atoms with Crippen molar-refractivity contribution in [2.75, 3.05) is 5.32 Å². The van der Waals surface area contributed by atoms with E-state index >= 15 is 0 Å². The smallest absolute Gasteiger partial charge is 0.256 e. The molecular formula is C15H13IN2OS. The van der Waals surface area contributed by atoms with Gasteiger partial charge in [0.05, 0.1) is 19.9 Å². The molecule has 0 spiro atoms. The van der Waals surface area contributed by atoms with Gasteiger partial charge in [-0.2, -0.15) is 5.26 Å². The minimum Gasteiger partial charge on any atom is -0.322 e. The van der Waals surface area contributed by atoms with Gasteiger partial charge >= 0.3 is 0 Å². The van der Waals surface area contributed by atoms with Crippen molar-refractivity contribution < 1.29 is 4.79 Å². The topological polar surface area (TPSA) is 52.9 Å². The first-order chi connectivity index (χ1) is 9.42. The molecule has 1 amide bonds. The number of nitriles is 1. The largest absolute Gasteiger partial charge is 0.322 e. The standard InChI is InChI=1S/C15H13IN2OS/c1-15(2,9-17)11-3-5-12(6-4-11)18-14(19)10-7-13(16)20-8-10/h3-8H,1-2H3,(H,18,19). The lowest BCUT2D eigenvalue weighted by Crippen LogP contribution is -2.14. The van der Waals surface area contributed by atoms with E-state index in [1.165, 1.54) is 0 Å². The van der Waals surface area contributed by atoms with E-state index in [4.69, 9.17) is 5.26 Å². The fourth-order valence-electron chi connectivity index (χ4n) is 1.67. The first kappa shape index (κ1) is 15.0. The number of hydrogen-bond donors (Lipinski definition) is 1. The minimum atomic E-state index is -0.522. The van der Waals surface area contributed by atoms with Crippen molar-refractivity contribution in [2.24, 2.45) is 0 Å². The second-order valence-corrected chi connectivity index (χ2v) is 7.71. The van der Waals surface area contributed by atoms with Gasteiger partial charge in [0.1, 0.15) is 0 Å². The van der Waals surface area contributed by atoms with Crippen LogP contribution in [0.4, 0.5) is 5.69 Å². The van der Waals surface area contributed by atoms with Gasteiger partial charge in [0.2, 0.25) is 0 Å². The van der Waals surface area contributed by atoms with Gasteiger partial charge in [0.15, 0.2) is 0 Å². The van der Waals surface area contributed by atoms with Crippen LogP contribution in [-0.4, -0.2) is 5.91 Å². The summed E-state index contributed by atoms with van der Waals surface area (Å²) in [6.07, 6.45) is 0. The SMILES string of the molecule is CC(C)(C#N)c1ccc(NC(=O)c2csc(I)c2)cc1. The lowest BCUT2D eigenvalue weighted by molar-refractivity contribution is 0.102. The number of rotatable bonds is 3. The lowest BCUT2D eigenvalue weighted by Gasteiger charge is -2.16. The monoisotopic (exact) mass is 396 g/mol. The van der Waals surface area contributed by atoms with E-state index in [0.29, 0.717) is 5.56 Å². The first-order valence-electron chi connectivity index (χ1n) is 5.99. The number of nitrogens with one attached hydrogen (secondary N) is 1. The lowest BCUT2D eigenvalue weighted by atomic mass is 9.86. The Morgan fingerprint density at radius 2 is 2.00 bits per heavy atom. The van der Waals surface area contributed by atoms with Crippen LogP contribution < -0.4 is 5.32 Å². The van der Waals surface area contributed by atoms with E-state index in [1.807, 2.05) is 49.6 Å². The third-order valence-electron chi connectivity index (χ3n) is 2.97. The van der Waals surface area contributed by atoms with Gasteiger partial charge in [-0.3, -0.25) is 4.79 Å². The minimum absolute atomic E-state index is 0.114. The van der Waals surface area contributed by atoms with Crippen LogP contribution in [0.2, 0.25) is 0 Å². The molecule has 2 aromatic rings.